The Labute approximate surface area is 71.7 Å². The molecule has 0 saturated carbocycles. The van der Waals surface area contributed by atoms with Crippen LogP contribution >= 0.6 is 0 Å². The van der Waals surface area contributed by atoms with Gasteiger partial charge in [0.15, 0.2) is 0 Å². The second kappa shape index (κ2) is 4.59. The van der Waals surface area contributed by atoms with E-state index in [1.54, 1.807) is 18.3 Å². The zero-order valence-corrected chi connectivity index (χ0v) is 7.17. The second-order valence-electron chi connectivity index (χ2n) is 2.61. The molecule has 0 spiro atoms. The third-order valence-electron chi connectivity index (χ3n) is 1.53. The van der Waals surface area contributed by atoms with Crippen molar-refractivity contribution in [2.45, 2.75) is 26.2 Å². The number of carbonyl (C=O) groups excluding carboxylic acids is 1. The molecule has 0 aromatic carbocycles. The summed E-state index contributed by atoms with van der Waals surface area (Å²) in [5.74, 6) is 0.357. The summed E-state index contributed by atoms with van der Waals surface area (Å²) >= 11 is 0. The fraction of sp³-hybridized carbons (Fsp3) is 0.444. The number of hydrogen-bond acceptors (Lipinski definition) is 2. The molecule has 3 heteroatoms. The summed E-state index contributed by atoms with van der Waals surface area (Å²) in [5.41, 5.74) is 0. The molecule has 66 valence electrons. The molecule has 1 aromatic heterocycles. The highest BCUT2D eigenvalue weighted by Gasteiger charge is 2.02. The van der Waals surface area contributed by atoms with Crippen molar-refractivity contribution >= 4 is 5.97 Å². The Bertz CT molecular complexity index is 229. The number of unbranched alkanes of at least 4 members (excludes halogenated alkanes) is 1. The number of H-pyrrole nitrogens is 1. The molecule has 1 N–H and O–H groups in total. The van der Waals surface area contributed by atoms with E-state index in [1.807, 2.05) is 6.92 Å². The van der Waals surface area contributed by atoms with Gasteiger partial charge in [0, 0.05) is 18.7 Å². The molecule has 0 amide bonds. The minimum Gasteiger partial charge on any atom is -0.410 e. The van der Waals surface area contributed by atoms with Gasteiger partial charge in [-0.15, -0.1) is 0 Å². The minimum absolute atomic E-state index is 0.167. The Hall–Kier alpha value is -1.25. The van der Waals surface area contributed by atoms with Crippen molar-refractivity contribution in [2.75, 3.05) is 0 Å². The average Bonchev–Trinajstić information content (AvgIpc) is 2.53. The van der Waals surface area contributed by atoms with Crippen molar-refractivity contribution in [1.82, 2.24) is 4.98 Å². The Balaban J connectivity index is 2.27. The maximum Gasteiger partial charge on any atom is 0.312 e. The van der Waals surface area contributed by atoms with Crippen LogP contribution < -0.4 is 4.74 Å². The SMILES string of the molecule is CCCCC(=O)Oc1ccc[nH]1. The van der Waals surface area contributed by atoms with Crippen LogP contribution in [0.4, 0.5) is 0 Å². The Morgan fingerprint density at radius 2 is 2.50 bits per heavy atom. The molecule has 1 rings (SSSR count). The summed E-state index contributed by atoms with van der Waals surface area (Å²) in [6.45, 7) is 2.04. The van der Waals surface area contributed by atoms with E-state index in [9.17, 15) is 4.79 Å². The fourth-order valence-corrected chi connectivity index (χ4v) is 0.872. The molecule has 1 heterocycles. The zero-order valence-electron chi connectivity index (χ0n) is 7.17. The Morgan fingerprint density at radius 3 is 3.08 bits per heavy atom. The molecule has 0 aliphatic rings. The summed E-state index contributed by atoms with van der Waals surface area (Å²) in [5, 5.41) is 0. The van der Waals surface area contributed by atoms with Gasteiger partial charge in [0.05, 0.1) is 0 Å². The van der Waals surface area contributed by atoms with E-state index in [-0.39, 0.29) is 5.97 Å². The number of hydrogen-bond donors (Lipinski definition) is 1. The van der Waals surface area contributed by atoms with Gasteiger partial charge in [0.25, 0.3) is 0 Å². The van der Waals surface area contributed by atoms with E-state index in [2.05, 4.69) is 4.98 Å². The van der Waals surface area contributed by atoms with E-state index in [0.29, 0.717) is 12.3 Å². The number of carbonyl (C=O) groups is 1. The molecular weight excluding hydrogens is 154 g/mol. The molecule has 12 heavy (non-hydrogen) atoms. The van der Waals surface area contributed by atoms with Gasteiger partial charge in [-0.1, -0.05) is 13.3 Å². The van der Waals surface area contributed by atoms with Crippen LogP contribution in [0.3, 0.4) is 0 Å². The lowest BCUT2D eigenvalue weighted by atomic mass is 10.2. The zero-order chi connectivity index (χ0) is 8.81. The van der Waals surface area contributed by atoms with Crippen LogP contribution in [0.5, 0.6) is 5.88 Å². The lowest BCUT2D eigenvalue weighted by Gasteiger charge is -1.99. The van der Waals surface area contributed by atoms with Crippen molar-refractivity contribution in [3.05, 3.63) is 18.3 Å². The predicted molar refractivity (Wildman–Crippen MR) is 46.0 cm³/mol. The molecule has 0 aliphatic heterocycles. The number of ether oxygens (including phenoxy) is 1. The van der Waals surface area contributed by atoms with Gasteiger partial charge < -0.3 is 9.72 Å². The summed E-state index contributed by atoms with van der Waals surface area (Å²) in [6, 6.07) is 3.52. The van der Waals surface area contributed by atoms with Crippen LogP contribution in [0.25, 0.3) is 0 Å². The summed E-state index contributed by atoms with van der Waals surface area (Å²) < 4.78 is 4.96. The first kappa shape index (κ1) is 8.84. The van der Waals surface area contributed by atoms with Crippen LogP contribution in [0.15, 0.2) is 18.3 Å². The molecule has 0 fully saturated rings. The predicted octanol–water partition coefficient (Wildman–Crippen LogP) is 2.11. The van der Waals surface area contributed by atoms with E-state index in [4.69, 9.17) is 4.74 Å². The molecule has 0 atom stereocenters. The van der Waals surface area contributed by atoms with E-state index < -0.39 is 0 Å². The monoisotopic (exact) mass is 167 g/mol. The molecule has 1 aromatic rings. The number of rotatable bonds is 4. The Kier molecular flexibility index (Phi) is 3.38. The quantitative estimate of drug-likeness (QED) is 0.698. The van der Waals surface area contributed by atoms with Crippen LogP contribution in [0, 0.1) is 0 Å². The number of nitrogens with one attached hydrogen (secondary N) is 1. The van der Waals surface area contributed by atoms with Crippen molar-refractivity contribution in [1.29, 1.82) is 0 Å². The highest BCUT2D eigenvalue weighted by Crippen LogP contribution is 2.06. The van der Waals surface area contributed by atoms with Crippen LogP contribution in [0.1, 0.15) is 26.2 Å². The van der Waals surface area contributed by atoms with E-state index in [0.717, 1.165) is 12.8 Å². The first-order valence-electron chi connectivity index (χ1n) is 4.17. The first-order valence-corrected chi connectivity index (χ1v) is 4.17. The highest BCUT2D eigenvalue weighted by molar-refractivity contribution is 5.71. The standard InChI is InChI=1S/C9H13NO2/c1-2-3-6-9(11)12-8-5-4-7-10-8/h4-5,7,10H,2-3,6H2,1H3. The molecule has 0 radical (unpaired) electrons. The van der Waals surface area contributed by atoms with Gasteiger partial charge in [0.1, 0.15) is 0 Å². The molecule has 0 saturated heterocycles. The number of aromatic amines is 1. The van der Waals surface area contributed by atoms with Gasteiger partial charge in [-0.05, 0) is 12.5 Å². The fourth-order valence-electron chi connectivity index (χ4n) is 0.872. The summed E-state index contributed by atoms with van der Waals surface area (Å²) in [6.07, 6.45) is 4.12. The van der Waals surface area contributed by atoms with Crippen molar-refractivity contribution < 1.29 is 9.53 Å². The lowest BCUT2D eigenvalue weighted by molar-refractivity contribution is -0.134. The van der Waals surface area contributed by atoms with Gasteiger partial charge in [-0.2, -0.15) is 0 Å². The van der Waals surface area contributed by atoms with Gasteiger partial charge in [-0.3, -0.25) is 4.79 Å². The third-order valence-corrected chi connectivity index (χ3v) is 1.53. The molecule has 3 nitrogen and oxygen atoms in total. The number of aromatic nitrogens is 1. The summed E-state index contributed by atoms with van der Waals surface area (Å²) in [4.78, 5) is 13.8. The van der Waals surface area contributed by atoms with Crippen LogP contribution in [-0.2, 0) is 4.79 Å². The lowest BCUT2D eigenvalue weighted by Crippen LogP contribution is -2.07. The minimum atomic E-state index is -0.167. The van der Waals surface area contributed by atoms with Crippen LogP contribution in [0.2, 0.25) is 0 Å². The second-order valence-corrected chi connectivity index (χ2v) is 2.61. The van der Waals surface area contributed by atoms with E-state index in [1.165, 1.54) is 0 Å². The smallest absolute Gasteiger partial charge is 0.312 e. The third kappa shape index (κ3) is 2.78. The van der Waals surface area contributed by atoms with Crippen molar-refractivity contribution in [3.63, 3.8) is 0 Å². The van der Waals surface area contributed by atoms with Crippen molar-refractivity contribution in [3.8, 4) is 5.88 Å². The first-order chi connectivity index (χ1) is 5.83. The largest absolute Gasteiger partial charge is 0.410 e. The molecular formula is C9H13NO2. The average molecular weight is 167 g/mol. The normalized spacial score (nSPS) is 9.75. The van der Waals surface area contributed by atoms with Crippen molar-refractivity contribution in [2.24, 2.45) is 0 Å². The maximum atomic E-state index is 11.0. The van der Waals surface area contributed by atoms with Crippen LogP contribution in [-0.4, -0.2) is 11.0 Å². The Morgan fingerprint density at radius 1 is 1.67 bits per heavy atom. The van der Waals surface area contributed by atoms with E-state index >= 15 is 0 Å². The molecule has 0 unspecified atom stereocenters. The topological polar surface area (TPSA) is 42.1 Å². The number of esters is 1. The molecule has 0 aliphatic carbocycles. The van der Waals surface area contributed by atoms with Gasteiger partial charge in [0.2, 0.25) is 5.88 Å². The molecule has 0 bridgehead atoms. The highest BCUT2D eigenvalue weighted by atomic mass is 16.5. The van der Waals surface area contributed by atoms with Gasteiger partial charge in [-0.25, -0.2) is 0 Å². The summed E-state index contributed by atoms with van der Waals surface area (Å²) in [7, 11) is 0. The maximum absolute atomic E-state index is 11.0. The van der Waals surface area contributed by atoms with Gasteiger partial charge >= 0.3 is 5.97 Å².